The first-order chi connectivity index (χ1) is 9.67. The van der Waals surface area contributed by atoms with Gasteiger partial charge >= 0.3 is 0 Å². The summed E-state index contributed by atoms with van der Waals surface area (Å²) < 4.78 is 9.74. The second-order valence-corrected chi connectivity index (χ2v) is 7.28. The van der Waals surface area contributed by atoms with Crippen molar-refractivity contribution in [1.29, 1.82) is 0 Å². The van der Waals surface area contributed by atoms with Gasteiger partial charge in [-0.15, -0.1) is 11.3 Å². The number of fused-ring (bicyclic) bond motifs is 1. The van der Waals surface area contributed by atoms with Gasteiger partial charge in [-0.1, -0.05) is 15.9 Å². The normalized spacial score (nSPS) is 11.2. The summed E-state index contributed by atoms with van der Waals surface area (Å²) in [7, 11) is 0. The standard InChI is InChI=1S/C13H9Br3N2OS/c14-5-8-3-10(15)12(11(16)4-8)19-7-9-6-18-1-2-20-13(18)17-9/h1-4,6H,5,7H2. The van der Waals surface area contributed by atoms with Crippen molar-refractivity contribution in [1.82, 2.24) is 9.38 Å². The molecule has 0 spiro atoms. The van der Waals surface area contributed by atoms with Crippen LogP contribution in [0.2, 0.25) is 0 Å². The molecule has 0 bridgehead atoms. The highest BCUT2D eigenvalue weighted by atomic mass is 79.9. The summed E-state index contributed by atoms with van der Waals surface area (Å²) in [5.41, 5.74) is 2.10. The van der Waals surface area contributed by atoms with Crippen molar-refractivity contribution in [2.75, 3.05) is 0 Å². The molecule has 20 heavy (non-hydrogen) atoms. The Bertz CT molecular complexity index is 701. The molecule has 7 heteroatoms. The van der Waals surface area contributed by atoms with Crippen LogP contribution in [0.5, 0.6) is 5.75 Å². The van der Waals surface area contributed by atoms with E-state index in [2.05, 4.69) is 52.8 Å². The molecule has 0 aliphatic carbocycles. The molecule has 0 N–H and O–H groups in total. The fraction of sp³-hybridized carbons (Fsp3) is 0.154. The minimum atomic E-state index is 0.444. The zero-order valence-corrected chi connectivity index (χ0v) is 15.7. The molecule has 2 aromatic heterocycles. The fourth-order valence-electron chi connectivity index (χ4n) is 1.82. The number of aromatic nitrogens is 2. The first-order valence-electron chi connectivity index (χ1n) is 5.75. The zero-order chi connectivity index (χ0) is 14.1. The number of hydrogen-bond acceptors (Lipinski definition) is 3. The highest BCUT2D eigenvalue weighted by Gasteiger charge is 2.10. The molecule has 0 saturated carbocycles. The Hall–Kier alpha value is -0.370. The van der Waals surface area contributed by atoms with Crippen molar-refractivity contribution in [2.24, 2.45) is 0 Å². The monoisotopic (exact) mass is 478 g/mol. The third-order valence-corrected chi connectivity index (χ3v) is 5.32. The van der Waals surface area contributed by atoms with Crippen LogP contribution in [0.1, 0.15) is 11.3 Å². The van der Waals surface area contributed by atoms with Gasteiger partial charge < -0.3 is 4.74 Å². The van der Waals surface area contributed by atoms with Gasteiger partial charge in [0.25, 0.3) is 0 Å². The first-order valence-corrected chi connectivity index (χ1v) is 9.34. The Kier molecular flexibility index (Phi) is 4.49. The van der Waals surface area contributed by atoms with Gasteiger partial charge in [-0.2, -0.15) is 0 Å². The maximum atomic E-state index is 5.87. The number of imidazole rings is 1. The Labute approximate surface area is 145 Å². The maximum absolute atomic E-state index is 5.87. The number of ether oxygens (including phenoxy) is 1. The molecule has 0 aliphatic rings. The maximum Gasteiger partial charge on any atom is 0.193 e. The quantitative estimate of drug-likeness (QED) is 0.468. The van der Waals surface area contributed by atoms with E-state index < -0.39 is 0 Å². The third-order valence-electron chi connectivity index (χ3n) is 2.72. The van der Waals surface area contributed by atoms with Crippen LogP contribution < -0.4 is 4.74 Å². The fourth-order valence-corrected chi connectivity index (χ4v) is 4.37. The molecule has 3 nitrogen and oxygen atoms in total. The number of halogens is 3. The van der Waals surface area contributed by atoms with Gasteiger partial charge in [0, 0.05) is 23.1 Å². The Morgan fingerprint density at radius 3 is 2.65 bits per heavy atom. The van der Waals surface area contributed by atoms with Gasteiger partial charge in [-0.05, 0) is 49.6 Å². The lowest BCUT2D eigenvalue weighted by Crippen LogP contribution is -1.98. The molecule has 0 fully saturated rings. The molecule has 3 rings (SSSR count). The topological polar surface area (TPSA) is 26.5 Å². The molecule has 1 aromatic carbocycles. The molecular formula is C13H9Br3N2OS. The number of thiazole rings is 1. The SMILES string of the molecule is BrCc1cc(Br)c(OCc2cn3ccsc3n2)c(Br)c1. The highest BCUT2D eigenvalue weighted by molar-refractivity contribution is 9.11. The van der Waals surface area contributed by atoms with Crippen LogP contribution >= 0.6 is 59.1 Å². The van der Waals surface area contributed by atoms with Crippen molar-refractivity contribution in [3.63, 3.8) is 0 Å². The van der Waals surface area contributed by atoms with E-state index in [1.807, 2.05) is 34.3 Å². The Morgan fingerprint density at radius 2 is 2.00 bits per heavy atom. The predicted molar refractivity (Wildman–Crippen MR) is 91.9 cm³/mol. The molecular weight excluding hydrogens is 472 g/mol. The van der Waals surface area contributed by atoms with E-state index in [0.717, 1.165) is 30.7 Å². The van der Waals surface area contributed by atoms with Crippen molar-refractivity contribution < 1.29 is 4.74 Å². The van der Waals surface area contributed by atoms with Crippen LogP contribution in [0.4, 0.5) is 0 Å². The minimum absolute atomic E-state index is 0.444. The number of nitrogens with zero attached hydrogens (tertiary/aromatic N) is 2. The van der Waals surface area contributed by atoms with E-state index in [9.17, 15) is 0 Å². The summed E-state index contributed by atoms with van der Waals surface area (Å²) >= 11 is 12.1. The van der Waals surface area contributed by atoms with E-state index in [0.29, 0.717) is 6.61 Å². The van der Waals surface area contributed by atoms with Gasteiger partial charge in [0.1, 0.15) is 12.4 Å². The average molecular weight is 481 g/mol. The Morgan fingerprint density at radius 1 is 1.25 bits per heavy atom. The van der Waals surface area contributed by atoms with Crippen LogP contribution in [0.3, 0.4) is 0 Å². The van der Waals surface area contributed by atoms with E-state index in [1.54, 1.807) is 11.3 Å². The molecule has 104 valence electrons. The molecule has 0 amide bonds. The third kappa shape index (κ3) is 2.95. The van der Waals surface area contributed by atoms with Crippen LogP contribution in [-0.4, -0.2) is 9.38 Å². The molecule has 2 heterocycles. The summed E-state index contributed by atoms with van der Waals surface area (Å²) in [6, 6.07) is 4.08. The second kappa shape index (κ2) is 6.17. The number of alkyl halides is 1. The van der Waals surface area contributed by atoms with Gasteiger partial charge in [-0.25, -0.2) is 4.98 Å². The highest BCUT2D eigenvalue weighted by Crippen LogP contribution is 2.35. The van der Waals surface area contributed by atoms with Gasteiger partial charge in [0.15, 0.2) is 4.96 Å². The van der Waals surface area contributed by atoms with Gasteiger partial charge in [0.05, 0.1) is 14.6 Å². The van der Waals surface area contributed by atoms with E-state index in [4.69, 9.17) is 4.74 Å². The molecule has 3 aromatic rings. The van der Waals surface area contributed by atoms with Gasteiger partial charge in [0.2, 0.25) is 0 Å². The lowest BCUT2D eigenvalue weighted by Gasteiger charge is -2.10. The lowest BCUT2D eigenvalue weighted by atomic mass is 10.2. The van der Waals surface area contributed by atoms with Crippen LogP contribution in [0.15, 0.2) is 38.9 Å². The van der Waals surface area contributed by atoms with Crippen molar-refractivity contribution in [3.8, 4) is 5.75 Å². The Balaban J connectivity index is 1.79. The van der Waals surface area contributed by atoms with E-state index >= 15 is 0 Å². The van der Waals surface area contributed by atoms with Crippen molar-refractivity contribution in [2.45, 2.75) is 11.9 Å². The predicted octanol–water partition coefficient (Wildman–Crippen LogP) is 5.39. The molecule has 0 saturated heterocycles. The second-order valence-electron chi connectivity index (χ2n) is 4.14. The molecule has 0 aliphatic heterocycles. The summed E-state index contributed by atoms with van der Waals surface area (Å²) in [5.74, 6) is 0.797. The lowest BCUT2D eigenvalue weighted by molar-refractivity contribution is 0.298. The minimum Gasteiger partial charge on any atom is -0.485 e. The summed E-state index contributed by atoms with van der Waals surface area (Å²) in [5, 5.41) is 2.82. The van der Waals surface area contributed by atoms with E-state index in [-0.39, 0.29) is 0 Å². The number of rotatable bonds is 4. The van der Waals surface area contributed by atoms with Crippen LogP contribution in [0, 0.1) is 0 Å². The smallest absolute Gasteiger partial charge is 0.193 e. The zero-order valence-electron chi connectivity index (χ0n) is 10.1. The average Bonchev–Trinajstić information content (AvgIpc) is 2.98. The summed E-state index contributed by atoms with van der Waals surface area (Å²) in [4.78, 5) is 5.48. The van der Waals surface area contributed by atoms with Crippen LogP contribution in [0.25, 0.3) is 4.96 Å². The number of hydrogen-bond donors (Lipinski definition) is 0. The van der Waals surface area contributed by atoms with E-state index in [1.165, 1.54) is 5.56 Å². The largest absolute Gasteiger partial charge is 0.485 e. The van der Waals surface area contributed by atoms with Crippen molar-refractivity contribution in [3.05, 3.63) is 50.1 Å². The summed E-state index contributed by atoms with van der Waals surface area (Å²) in [6.07, 6.45) is 3.98. The first kappa shape index (κ1) is 14.6. The van der Waals surface area contributed by atoms with Crippen LogP contribution in [-0.2, 0) is 11.9 Å². The van der Waals surface area contributed by atoms with Crippen molar-refractivity contribution >= 4 is 64.1 Å². The summed E-state index contributed by atoms with van der Waals surface area (Å²) in [6.45, 7) is 0.444. The molecule has 0 unspecified atom stereocenters. The molecule has 0 atom stereocenters. The van der Waals surface area contributed by atoms with Gasteiger partial charge in [-0.3, -0.25) is 4.40 Å². The number of benzene rings is 1. The molecule has 0 radical (unpaired) electrons.